The molecule has 0 radical (unpaired) electrons. The standard InChI is InChI=1S/C19H19ClF3NO4/c1-4-27-17-15(20)9-13(10-16(17)26-3)18(25)24(2)11-12-5-7-14(8-6-12)28-19(21,22)23/h5-10H,4,11H2,1-3H3. The second-order valence-electron chi connectivity index (χ2n) is 5.78. The van der Waals surface area contributed by atoms with Gasteiger partial charge in [0.1, 0.15) is 5.75 Å². The molecule has 0 saturated heterocycles. The Bertz CT molecular complexity index is 825. The molecule has 0 aliphatic heterocycles. The number of alkyl halides is 3. The molecule has 0 heterocycles. The van der Waals surface area contributed by atoms with E-state index < -0.39 is 6.36 Å². The highest BCUT2D eigenvalue weighted by molar-refractivity contribution is 6.32. The summed E-state index contributed by atoms with van der Waals surface area (Å²) in [4.78, 5) is 14.1. The third kappa shape index (κ3) is 5.69. The molecule has 0 fully saturated rings. The average Bonchev–Trinajstić information content (AvgIpc) is 2.63. The first-order valence-corrected chi connectivity index (χ1v) is 8.63. The second-order valence-corrected chi connectivity index (χ2v) is 6.18. The van der Waals surface area contributed by atoms with Gasteiger partial charge in [0.25, 0.3) is 5.91 Å². The van der Waals surface area contributed by atoms with Gasteiger partial charge < -0.3 is 19.1 Å². The van der Waals surface area contributed by atoms with E-state index in [9.17, 15) is 18.0 Å². The zero-order valence-corrected chi connectivity index (χ0v) is 16.2. The van der Waals surface area contributed by atoms with E-state index in [0.29, 0.717) is 29.2 Å². The van der Waals surface area contributed by atoms with Gasteiger partial charge in [-0.25, -0.2) is 0 Å². The Hall–Kier alpha value is -2.61. The maximum atomic E-state index is 12.7. The Morgan fingerprint density at radius 1 is 1.18 bits per heavy atom. The van der Waals surface area contributed by atoms with Crippen LogP contribution in [-0.4, -0.2) is 37.9 Å². The van der Waals surface area contributed by atoms with Crippen LogP contribution in [0.4, 0.5) is 13.2 Å². The smallest absolute Gasteiger partial charge is 0.493 e. The van der Waals surface area contributed by atoms with E-state index in [1.54, 1.807) is 14.0 Å². The quantitative estimate of drug-likeness (QED) is 0.641. The molecule has 2 aromatic rings. The van der Waals surface area contributed by atoms with Gasteiger partial charge in [0.2, 0.25) is 0 Å². The van der Waals surface area contributed by atoms with E-state index in [-0.39, 0.29) is 23.2 Å². The van der Waals surface area contributed by atoms with Crippen molar-refractivity contribution in [3.05, 3.63) is 52.5 Å². The molecule has 0 aliphatic carbocycles. The van der Waals surface area contributed by atoms with Crippen molar-refractivity contribution in [1.82, 2.24) is 4.90 Å². The summed E-state index contributed by atoms with van der Waals surface area (Å²) in [5.41, 5.74) is 0.930. The van der Waals surface area contributed by atoms with Gasteiger partial charge in [-0.1, -0.05) is 23.7 Å². The molecule has 9 heteroatoms. The number of methoxy groups -OCH3 is 1. The molecule has 5 nitrogen and oxygen atoms in total. The molecule has 0 N–H and O–H groups in total. The summed E-state index contributed by atoms with van der Waals surface area (Å²) >= 11 is 6.19. The predicted molar refractivity (Wildman–Crippen MR) is 98.1 cm³/mol. The molecule has 0 bridgehead atoms. The number of hydrogen-bond donors (Lipinski definition) is 0. The van der Waals surface area contributed by atoms with Crippen LogP contribution in [0.3, 0.4) is 0 Å². The van der Waals surface area contributed by atoms with Gasteiger partial charge in [-0.3, -0.25) is 4.79 Å². The number of amides is 1. The number of carbonyl (C=O) groups is 1. The minimum atomic E-state index is -4.75. The lowest BCUT2D eigenvalue weighted by Gasteiger charge is -2.19. The average molecular weight is 418 g/mol. The number of rotatable bonds is 7. The van der Waals surface area contributed by atoms with Gasteiger partial charge in [0, 0.05) is 19.2 Å². The Balaban J connectivity index is 2.13. The molecule has 0 atom stereocenters. The molecule has 1 amide bonds. The fraction of sp³-hybridized carbons (Fsp3) is 0.316. The van der Waals surface area contributed by atoms with E-state index in [4.69, 9.17) is 21.1 Å². The van der Waals surface area contributed by atoms with Crippen molar-refractivity contribution in [3.63, 3.8) is 0 Å². The molecule has 0 aliphatic rings. The van der Waals surface area contributed by atoms with Gasteiger partial charge >= 0.3 is 6.36 Å². The minimum Gasteiger partial charge on any atom is -0.493 e. The molecule has 2 aromatic carbocycles. The third-order valence-corrected chi connectivity index (χ3v) is 3.97. The van der Waals surface area contributed by atoms with Crippen molar-refractivity contribution in [1.29, 1.82) is 0 Å². The summed E-state index contributed by atoms with van der Waals surface area (Å²) in [6.45, 7) is 2.36. The Morgan fingerprint density at radius 3 is 2.36 bits per heavy atom. The SMILES string of the molecule is CCOc1c(Cl)cc(C(=O)N(C)Cc2ccc(OC(F)(F)F)cc2)cc1OC. The number of carbonyl (C=O) groups excluding carboxylic acids is 1. The van der Waals surface area contributed by atoms with E-state index >= 15 is 0 Å². The molecule has 0 aromatic heterocycles. The fourth-order valence-corrected chi connectivity index (χ4v) is 2.76. The van der Waals surface area contributed by atoms with Crippen LogP contribution in [0.15, 0.2) is 36.4 Å². The van der Waals surface area contributed by atoms with E-state index in [2.05, 4.69) is 4.74 Å². The Labute approximate surface area is 165 Å². The summed E-state index contributed by atoms with van der Waals surface area (Å²) in [6.07, 6.45) is -4.75. The van der Waals surface area contributed by atoms with Crippen LogP contribution < -0.4 is 14.2 Å². The van der Waals surface area contributed by atoms with Crippen LogP contribution in [0.25, 0.3) is 0 Å². The Kier molecular flexibility index (Phi) is 7.01. The van der Waals surface area contributed by atoms with Gasteiger partial charge in [0.05, 0.1) is 18.7 Å². The van der Waals surface area contributed by atoms with Crippen molar-refractivity contribution in [2.45, 2.75) is 19.8 Å². The summed E-state index contributed by atoms with van der Waals surface area (Å²) < 4.78 is 51.1. The number of hydrogen-bond acceptors (Lipinski definition) is 4. The maximum absolute atomic E-state index is 12.7. The van der Waals surface area contributed by atoms with Crippen LogP contribution in [0.5, 0.6) is 17.2 Å². The molecular weight excluding hydrogens is 399 g/mol. The van der Waals surface area contributed by atoms with Gasteiger partial charge in [0.15, 0.2) is 11.5 Å². The number of halogens is 4. The monoisotopic (exact) mass is 417 g/mol. The summed E-state index contributed by atoms with van der Waals surface area (Å²) in [5, 5.41) is 0.242. The van der Waals surface area contributed by atoms with Crippen molar-refractivity contribution >= 4 is 17.5 Å². The lowest BCUT2D eigenvalue weighted by molar-refractivity contribution is -0.274. The number of ether oxygens (including phenoxy) is 3. The second kappa shape index (κ2) is 9.05. The highest BCUT2D eigenvalue weighted by Gasteiger charge is 2.31. The lowest BCUT2D eigenvalue weighted by atomic mass is 10.1. The van der Waals surface area contributed by atoms with Crippen LogP contribution in [0.2, 0.25) is 5.02 Å². The molecule has 0 saturated carbocycles. The van der Waals surface area contributed by atoms with Crippen molar-refractivity contribution in [2.24, 2.45) is 0 Å². The predicted octanol–water partition coefficient (Wildman–Crippen LogP) is 4.92. The normalized spacial score (nSPS) is 11.1. The summed E-state index contributed by atoms with van der Waals surface area (Å²) in [7, 11) is 3.01. The van der Waals surface area contributed by atoms with E-state index in [1.807, 2.05) is 0 Å². The van der Waals surface area contributed by atoms with E-state index in [1.165, 1.54) is 48.4 Å². The molecule has 2 rings (SSSR count). The molecule has 28 heavy (non-hydrogen) atoms. The number of benzene rings is 2. The van der Waals surface area contributed by atoms with Crippen molar-refractivity contribution in [3.8, 4) is 17.2 Å². The van der Waals surface area contributed by atoms with Crippen LogP contribution in [0, 0.1) is 0 Å². The summed E-state index contributed by atoms with van der Waals surface area (Å²) in [6, 6.07) is 8.30. The topological polar surface area (TPSA) is 48.0 Å². The highest BCUT2D eigenvalue weighted by atomic mass is 35.5. The first-order valence-electron chi connectivity index (χ1n) is 8.25. The van der Waals surface area contributed by atoms with Crippen LogP contribution >= 0.6 is 11.6 Å². The summed E-state index contributed by atoms with van der Waals surface area (Å²) in [5.74, 6) is 0.0259. The maximum Gasteiger partial charge on any atom is 0.573 e. The molecule has 0 unspecified atom stereocenters. The van der Waals surface area contributed by atoms with E-state index in [0.717, 1.165) is 0 Å². The largest absolute Gasteiger partial charge is 0.573 e. The van der Waals surface area contributed by atoms with Gasteiger partial charge in [-0.2, -0.15) is 0 Å². The van der Waals surface area contributed by atoms with Crippen molar-refractivity contribution in [2.75, 3.05) is 20.8 Å². The van der Waals surface area contributed by atoms with Crippen LogP contribution in [0.1, 0.15) is 22.8 Å². The van der Waals surface area contributed by atoms with Crippen molar-refractivity contribution < 1.29 is 32.2 Å². The zero-order chi connectivity index (χ0) is 20.9. The van der Waals surface area contributed by atoms with Crippen LogP contribution in [-0.2, 0) is 6.54 Å². The third-order valence-electron chi connectivity index (χ3n) is 3.69. The fourth-order valence-electron chi connectivity index (χ4n) is 2.49. The first-order chi connectivity index (χ1) is 13.1. The van der Waals surface area contributed by atoms with Gasteiger partial charge in [-0.15, -0.1) is 13.2 Å². The minimum absolute atomic E-state index is 0.179. The number of nitrogens with zero attached hydrogens (tertiary/aromatic N) is 1. The van der Waals surface area contributed by atoms with Gasteiger partial charge in [-0.05, 0) is 36.8 Å². The lowest BCUT2D eigenvalue weighted by Crippen LogP contribution is -2.26. The molecular formula is C19H19ClF3NO4. The zero-order valence-electron chi connectivity index (χ0n) is 15.5. The molecule has 152 valence electrons. The Morgan fingerprint density at radius 2 is 1.82 bits per heavy atom. The molecule has 0 spiro atoms. The first kappa shape index (κ1) is 21.7. The highest BCUT2D eigenvalue weighted by Crippen LogP contribution is 2.36.